The largest absolute Gasteiger partial charge is 0.484 e. The molecule has 2 fully saturated rings. The van der Waals surface area contributed by atoms with E-state index in [0.29, 0.717) is 38.4 Å². The number of rotatable bonds is 5. The second kappa shape index (κ2) is 10.0. The Balaban J connectivity index is 1.43. The number of hydrogen-bond acceptors (Lipinski definition) is 4. The van der Waals surface area contributed by atoms with Gasteiger partial charge in [-0.3, -0.25) is 9.69 Å². The minimum Gasteiger partial charge on any atom is -0.484 e. The Bertz CT molecular complexity index is 730. The van der Waals surface area contributed by atoms with Crippen LogP contribution in [0.1, 0.15) is 19.3 Å². The number of anilines is 1. The molecule has 0 unspecified atom stereocenters. The number of nitrogens with zero attached hydrogens (tertiary/aromatic N) is 3. The molecule has 0 aliphatic carbocycles. The summed E-state index contributed by atoms with van der Waals surface area (Å²) < 4.78 is 41.6. The zero-order valence-electron chi connectivity index (χ0n) is 16.8. The average molecular weight is 428 g/mol. The van der Waals surface area contributed by atoms with Gasteiger partial charge < -0.3 is 19.9 Å². The second-order valence-electron chi connectivity index (χ2n) is 7.57. The van der Waals surface area contributed by atoms with Gasteiger partial charge in [0.1, 0.15) is 5.75 Å². The summed E-state index contributed by atoms with van der Waals surface area (Å²) in [5.41, 5.74) is 0.363. The van der Waals surface area contributed by atoms with Gasteiger partial charge in [0, 0.05) is 51.0 Å². The maximum atomic E-state index is 12.5. The number of carbonyl (C=O) groups is 2. The number of ether oxygens (including phenoxy) is 1. The van der Waals surface area contributed by atoms with Crippen molar-refractivity contribution in [2.45, 2.75) is 25.4 Å². The third-order valence-electron chi connectivity index (χ3n) is 5.21. The van der Waals surface area contributed by atoms with Gasteiger partial charge in [-0.05, 0) is 31.4 Å². The lowest BCUT2D eigenvalue weighted by molar-refractivity contribution is -0.153. The van der Waals surface area contributed by atoms with Crippen molar-refractivity contribution in [1.29, 1.82) is 0 Å². The number of alkyl halides is 3. The summed E-state index contributed by atoms with van der Waals surface area (Å²) in [5.74, 6) is 0.175. The fraction of sp³-hybridized carbons (Fsp3) is 0.600. The van der Waals surface area contributed by atoms with Crippen LogP contribution >= 0.6 is 0 Å². The Kier molecular flexibility index (Phi) is 7.41. The van der Waals surface area contributed by atoms with Crippen molar-refractivity contribution in [3.63, 3.8) is 0 Å². The van der Waals surface area contributed by atoms with E-state index in [1.165, 1.54) is 24.6 Å². The number of benzene rings is 1. The first-order chi connectivity index (χ1) is 14.3. The van der Waals surface area contributed by atoms with Crippen molar-refractivity contribution in [3.05, 3.63) is 24.3 Å². The van der Waals surface area contributed by atoms with Gasteiger partial charge in [0.25, 0.3) is 0 Å². The molecule has 1 aromatic rings. The molecule has 2 aliphatic rings. The minimum atomic E-state index is -4.42. The molecule has 7 nitrogen and oxygen atoms in total. The Morgan fingerprint density at radius 3 is 2.33 bits per heavy atom. The fourth-order valence-electron chi connectivity index (χ4n) is 3.58. The average Bonchev–Trinajstić information content (AvgIpc) is 2.73. The number of hydrogen-bond donors (Lipinski definition) is 1. The Morgan fingerprint density at radius 2 is 1.67 bits per heavy atom. The molecule has 3 rings (SSSR count). The zero-order valence-corrected chi connectivity index (χ0v) is 16.8. The molecule has 1 aromatic carbocycles. The smallest absolute Gasteiger partial charge is 0.422 e. The van der Waals surface area contributed by atoms with Crippen molar-refractivity contribution in [2.75, 3.05) is 57.7 Å². The molecule has 3 amide bonds. The summed E-state index contributed by atoms with van der Waals surface area (Å²) in [4.78, 5) is 30.4. The molecule has 0 bridgehead atoms. The molecule has 0 aromatic heterocycles. The lowest BCUT2D eigenvalue weighted by atomic mass is 10.1. The van der Waals surface area contributed by atoms with E-state index in [0.717, 1.165) is 25.9 Å². The Morgan fingerprint density at radius 1 is 0.967 bits per heavy atom. The van der Waals surface area contributed by atoms with Gasteiger partial charge in [-0.15, -0.1) is 0 Å². The zero-order chi connectivity index (χ0) is 21.6. The van der Waals surface area contributed by atoms with Gasteiger partial charge >= 0.3 is 12.2 Å². The molecule has 0 radical (unpaired) electrons. The fourth-order valence-corrected chi connectivity index (χ4v) is 3.58. The molecule has 0 atom stereocenters. The van der Waals surface area contributed by atoms with Crippen LogP contribution in [-0.2, 0) is 4.79 Å². The summed E-state index contributed by atoms with van der Waals surface area (Å²) in [6.45, 7) is 2.78. The first-order valence-corrected chi connectivity index (χ1v) is 10.2. The maximum Gasteiger partial charge on any atom is 0.422 e. The minimum absolute atomic E-state index is 0.0335. The van der Waals surface area contributed by atoms with Crippen molar-refractivity contribution in [3.8, 4) is 5.75 Å². The second-order valence-corrected chi connectivity index (χ2v) is 7.57. The molecule has 2 aliphatic heterocycles. The molecule has 1 N–H and O–H groups in total. The highest BCUT2D eigenvalue weighted by Gasteiger charge is 2.28. The van der Waals surface area contributed by atoms with Crippen molar-refractivity contribution >= 4 is 17.6 Å². The molecule has 30 heavy (non-hydrogen) atoms. The highest BCUT2D eigenvalue weighted by molar-refractivity contribution is 5.89. The topological polar surface area (TPSA) is 65.1 Å². The number of halogens is 3. The van der Waals surface area contributed by atoms with E-state index in [1.807, 2.05) is 9.80 Å². The lowest BCUT2D eigenvalue weighted by Crippen LogP contribution is -2.52. The van der Waals surface area contributed by atoms with E-state index in [-0.39, 0.29) is 17.7 Å². The van der Waals surface area contributed by atoms with Gasteiger partial charge in [0.2, 0.25) is 5.91 Å². The molecular weight excluding hydrogens is 401 g/mol. The summed E-state index contributed by atoms with van der Waals surface area (Å²) in [5, 5.41) is 2.69. The predicted molar refractivity (Wildman–Crippen MR) is 105 cm³/mol. The van der Waals surface area contributed by atoms with E-state index in [4.69, 9.17) is 4.74 Å². The monoisotopic (exact) mass is 428 g/mol. The number of carbonyl (C=O) groups excluding carboxylic acids is 2. The van der Waals surface area contributed by atoms with Crippen LogP contribution in [0.5, 0.6) is 5.75 Å². The van der Waals surface area contributed by atoms with Crippen LogP contribution in [0.2, 0.25) is 0 Å². The van der Waals surface area contributed by atoms with E-state index >= 15 is 0 Å². The molecular formula is C20H27F3N4O3. The number of likely N-dealkylation sites (tertiary alicyclic amines) is 1. The van der Waals surface area contributed by atoms with Gasteiger partial charge in [0.15, 0.2) is 6.61 Å². The summed E-state index contributed by atoms with van der Waals surface area (Å²) in [7, 11) is 0. The van der Waals surface area contributed by atoms with Crippen molar-refractivity contribution < 1.29 is 27.5 Å². The standard InChI is InChI=1S/C20H27F3N4O3/c21-20(22,23)15-30-17-6-4-5-16(13-17)24-19(29)27-11-9-25(10-12-27)14-18(28)26-7-2-1-3-8-26/h4-6,13H,1-3,7-12,14-15H2,(H,24,29). The van der Waals surface area contributed by atoms with Crippen LogP contribution < -0.4 is 10.1 Å². The third kappa shape index (κ3) is 6.79. The predicted octanol–water partition coefficient (Wildman–Crippen LogP) is 2.79. The highest BCUT2D eigenvalue weighted by Crippen LogP contribution is 2.21. The Hall–Kier alpha value is -2.49. The first kappa shape index (κ1) is 22.2. The molecule has 166 valence electrons. The number of nitrogens with one attached hydrogen (secondary N) is 1. The summed E-state index contributed by atoms with van der Waals surface area (Å²) in [6, 6.07) is 5.54. The van der Waals surface area contributed by atoms with E-state index < -0.39 is 12.8 Å². The van der Waals surface area contributed by atoms with Crippen LogP contribution in [0, 0.1) is 0 Å². The van der Waals surface area contributed by atoms with Gasteiger partial charge in [-0.2, -0.15) is 13.2 Å². The van der Waals surface area contributed by atoms with Crippen molar-refractivity contribution in [1.82, 2.24) is 14.7 Å². The first-order valence-electron chi connectivity index (χ1n) is 10.2. The Labute approximate surface area is 173 Å². The SMILES string of the molecule is O=C(CN1CCN(C(=O)Nc2cccc(OCC(F)(F)F)c2)CC1)N1CCCCC1. The maximum absolute atomic E-state index is 12.5. The van der Waals surface area contributed by atoms with Crippen molar-refractivity contribution in [2.24, 2.45) is 0 Å². The summed E-state index contributed by atoms with van der Waals surface area (Å²) in [6.07, 6.45) is -1.13. The quantitative estimate of drug-likeness (QED) is 0.784. The van der Waals surface area contributed by atoms with Crippen LogP contribution in [0.3, 0.4) is 0 Å². The number of urea groups is 1. The van der Waals surface area contributed by atoms with E-state index in [1.54, 1.807) is 11.0 Å². The normalized spacial score (nSPS) is 18.2. The lowest BCUT2D eigenvalue weighted by Gasteiger charge is -2.36. The van der Waals surface area contributed by atoms with Crippen LogP contribution in [0.4, 0.5) is 23.7 Å². The van der Waals surface area contributed by atoms with Gasteiger partial charge in [-0.25, -0.2) is 4.79 Å². The van der Waals surface area contributed by atoms with Crippen LogP contribution in [-0.4, -0.2) is 85.2 Å². The van der Waals surface area contributed by atoms with Gasteiger partial charge in [-0.1, -0.05) is 6.07 Å². The number of piperidine rings is 1. The third-order valence-corrected chi connectivity index (χ3v) is 5.21. The van der Waals surface area contributed by atoms with E-state index in [9.17, 15) is 22.8 Å². The molecule has 0 saturated carbocycles. The number of piperazine rings is 1. The molecule has 0 spiro atoms. The molecule has 10 heteroatoms. The van der Waals surface area contributed by atoms with E-state index in [2.05, 4.69) is 5.32 Å². The number of amides is 3. The van der Waals surface area contributed by atoms with Crippen LogP contribution in [0.15, 0.2) is 24.3 Å². The van der Waals surface area contributed by atoms with Crippen LogP contribution in [0.25, 0.3) is 0 Å². The molecule has 2 heterocycles. The summed E-state index contributed by atoms with van der Waals surface area (Å²) >= 11 is 0. The molecule has 2 saturated heterocycles. The van der Waals surface area contributed by atoms with Gasteiger partial charge in [0.05, 0.1) is 6.54 Å². The highest BCUT2D eigenvalue weighted by atomic mass is 19.4.